The van der Waals surface area contributed by atoms with Gasteiger partial charge in [-0.2, -0.15) is 0 Å². The summed E-state index contributed by atoms with van der Waals surface area (Å²) in [7, 11) is 0. The summed E-state index contributed by atoms with van der Waals surface area (Å²) in [6.07, 6.45) is 0.171. The van der Waals surface area contributed by atoms with Crippen LogP contribution in [0.1, 0.15) is 41.5 Å². The van der Waals surface area contributed by atoms with Gasteiger partial charge in [-0.1, -0.05) is 34.6 Å². The van der Waals surface area contributed by atoms with Gasteiger partial charge in [0.15, 0.2) is 0 Å². The third-order valence-corrected chi connectivity index (χ3v) is 2.37. The Morgan fingerprint density at radius 3 is 1.92 bits per heavy atom. The summed E-state index contributed by atoms with van der Waals surface area (Å²) in [5.41, 5.74) is 6.27. The van der Waals surface area contributed by atoms with Crippen LogP contribution < -0.4 is 5.73 Å². The highest BCUT2D eigenvalue weighted by molar-refractivity contribution is 4.86. The summed E-state index contributed by atoms with van der Waals surface area (Å²) >= 11 is 0. The fourth-order valence-corrected chi connectivity index (χ4v) is 1.40. The molecule has 2 unspecified atom stereocenters. The molecular formula is C11H25NO. The molecule has 13 heavy (non-hydrogen) atoms. The molecule has 2 heteroatoms. The summed E-state index contributed by atoms with van der Waals surface area (Å²) in [6, 6.07) is 0.104. The van der Waals surface area contributed by atoms with Crippen LogP contribution in [0.4, 0.5) is 0 Å². The lowest BCUT2D eigenvalue weighted by molar-refractivity contribution is -0.0129. The van der Waals surface area contributed by atoms with Crippen molar-refractivity contribution in [2.45, 2.75) is 53.7 Å². The molecule has 0 heterocycles. The van der Waals surface area contributed by atoms with Crippen LogP contribution in [0.5, 0.6) is 0 Å². The number of hydrogen-bond acceptors (Lipinski definition) is 2. The van der Waals surface area contributed by atoms with Crippen molar-refractivity contribution in [1.29, 1.82) is 0 Å². The minimum absolute atomic E-state index is 0.104. The predicted molar refractivity (Wildman–Crippen MR) is 57.7 cm³/mol. The molecule has 0 radical (unpaired) electrons. The highest BCUT2D eigenvalue weighted by atomic mass is 16.5. The molecule has 0 aromatic heterocycles. The molecular weight excluding hydrogens is 162 g/mol. The van der Waals surface area contributed by atoms with Gasteiger partial charge in [0.2, 0.25) is 0 Å². The van der Waals surface area contributed by atoms with Crippen molar-refractivity contribution in [2.24, 2.45) is 17.1 Å². The number of nitrogens with two attached hydrogens (primary N) is 1. The number of hydrogen-bond donors (Lipinski definition) is 1. The molecule has 0 amide bonds. The fraction of sp³-hybridized carbons (Fsp3) is 1.00. The quantitative estimate of drug-likeness (QED) is 0.733. The van der Waals surface area contributed by atoms with Crippen LogP contribution >= 0.6 is 0 Å². The SMILES string of the molecule is CCOC(C(C)C)C(N)C(C)(C)C. The van der Waals surface area contributed by atoms with Crippen LogP contribution in [0, 0.1) is 11.3 Å². The lowest BCUT2D eigenvalue weighted by atomic mass is 9.80. The van der Waals surface area contributed by atoms with E-state index >= 15 is 0 Å². The lowest BCUT2D eigenvalue weighted by Gasteiger charge is -2.36. The Bertz CT molecular complexity index is 138. The molecule has 0 spiro atoms. The Hall–Kier alpha value is -0.0800. The maximum Gasteiger partial charge on any atom is 0.0753 e. The first kappa shape index (κ1) is 12.9. The predicted octanol–water partition coefficient (Wildman–Crippen LogP) is 2.42. The van der Waals surface area contributed by atoms with Gasteiger partial charge in [-0.15, -0.1) is 0 Å². The van der Waals surface area contributed by atoms with Gasteiger partial charge in [-0.25, -0.2) is 0 Å². The third-order valence-electron chi connectivity index (χ3n) is 2.37. The molecule has 2 nitrogen and oxygen atoms in total. The van der Waals surface area contributed by atoms with E-state index in [2.05, 4.69) is 34.6 Å². The minimum atomic E-state index is 0.104. The van der Waals surface area contributed by atoms with Crippen molar-refractivity contribution in [3.63, 3.8) is 0 Å². The Morgan fingerprint density at radius 2 is 1.69 bits per heavy atom. The highest BCUT2D eigenvalue weighted by Crippen LogP contribution is 2.25. The van der Waals surface area contributed by atoms with Crippen LogP contribution in [0.25, 0.3) is 0 Å². The van der Waals surface area contributed by atoms with Crippen LogP contribution in [-0.2, 0) is 4.74 Å². The van der Waals surface area contributed by atoms with E-state index < -0.39 is 0 Å². The van der Waals surface area contributed by atoms with E-state index in [1.165, 1.54) is 0 Å². The van der Waals surface area contributed by atoms with Gasteiger partial charge in [0, 0.05) is 12.6 Å². The monoisotopic (exact) mass is 187 g/mol. The first-order valence-electron chi connectivity index (χ1n) is 5.17. The van der Waals surface area contributed by atoms with Gasteiger partial charge in [-0.3, -0.25) is 0 Å². The minimum Gasteiger partial charge on any atom is -0.377 e. The van der Waals surface area contributed by atoms with E-state index in [1.54, 1.807) is 0 Å². The topological polar surface area (TPSA) is 35.2 Å². The maximum atomic E-state index is 6.16. The average Bonchev–Trinajstić information content (AvgIpc) is 1.96. The molecule has 0 aliphatic heterocycles. The standard InChI is InChI=1S/C11H25NO/c1-7-13-9(8(2)3)10(12)11(4,5)6/h8-10H,7,12H2,1-6H3. The zero-order valence-electron chi connectivity index (χ0n) is 9.92. The zero-order chi connectivity index (χ0) is 10.6. The van der Waals surface area contributed by atoms with Crippen molar-refractivity contribution < 1.29 is 4.74 Å². The zero-order valence-corrected chi connectivity index (χ0v) is 9.92. The molecule has 0 rings (SSSR count). The summed E-state index contributed by atoms with van der Waals surface area (Å²) < 4.78 is 5.67. The fourth-order valence-electron chi connectivity index (χ4n) is 1.40. The summed E-state index contributed by atoms with van der Waals surface area (Å²) in [4.78, 5) is 0. The first-order valence-corrected chi connectivity index (χ1v) is 5.17. The lowest BCUT2D eigenvalue weighted by Crippen LogP contribution is -2.48. The van der Waals surface area contributed by atoms with E-state index in [9.17, 15) is 0 Å². The Labute approximate surface area is 82.8 Å². The largest absolute Gasteiger partial charge is 0.377 e. The molecule has 0 aliphatic rings. The Balaban J connectivity index is 4.36. The molecule has 0 aromatic rings. The van der Waals surface area contributed by atoms with Crippen LogP contribution in [0.15, 0.2) is 0 Å². The van der Waals surface area contributed by atoms with Crippen molar-refractivity contribution >= 4 is 0 Å². The van der Waals surface area contributed by atoms with Gasteiger partial charge in [-0.05, 0) is 18.3 Å². The number of rotatable bonds is 4. The molecule has 0 saturated heterocycles. The van der Waals surface area contributed by atoms with Crippen molar-refractivity contribution in [2.75, 3.05) is 6.61 Å². The highest BCUT2D eigenvalue weighted by Gasteiger charge is 2.31. The normalized spacial score (nSPS) is 17.5. The summed E-state index contributed by atoms with van der Waals surface area (Å²) in [5.74, 6) is 0.481. The molecule has 2 N–H and O–H groups in total. The maximum absolute atomic E-state index is 6.16. The average molecular weight is 187 g/mol. The third kappa shape index (κ3) is 4.10. The Kier molecular flexibility index (Phi) is 4.93. The van der Waals surface area contributed by atoms with E-state index in [4.69, 9.17) is 10.5 Å². The number of ether oxygens (including phenoxy) is 1. The van der Waals surface area contributed by atoms with E-state index in [-0.39, 0.29) is 17.6 Å². The van der Waals surface area contributed by atoms with Gasteiger partial charge < -0.3 is 10.5 Å². The molecule has 2 atom stereocenters. The van der Waals surface area contributed by atoms with Gasteiger partial charge in [0.25, 0.3) is 0 Å². The van der Waals surface area contributed by atoms with E-state index in [0.29, 0.717) is 5.92 Å². The Morgan fingerprint density at radius 1 is 1.23 bits per heavy atom. The molecule has 0 saturated carbocycles. The second-order valence-electron chi connectivity index (χ2n) is 5.06. The molecule has 80 valence electrons. The van der Waals surface area contributed by atoms with Crippen LogP contribution in [-0.4, -0.2) is 18.8 Å². The molecule has 0 fully saturated rings. The smallest absolute Gasteiger partial charge is 0.0753 e. The van der Waals surface area contributed by atoms with E-state index in [0.717, 1.165) is 6.61 Å². The second kappa shape index (κ2) is 4.97. The van der Waals surface area contributed by atoms with Crippen LogP contribution in [0.2, 0.25) is 0 Å². The van der Waals surface area contributed by atoms with Gasteiger partial charge in [0.1, 0.15) is 0 Å². The van der Waals surface area contributed by atoms with E-state index in [1.807, 2.05) is 6.92 Å². The van der Waals surface area contributed by atoms with Gasteiger partial charge >= 0.3 is 0 Å². The van der Waals surface area contributed by atoms with Crippen LogP contribution in [0.3, 0.4) is 0 Å². The summed E-state index contributed by atoms with van der Waals surface area (Å²) in [6.45, 7) is 13.6. The molecule has 0 aromatic carbocycles. The van der Waals surface area contributed by atoms with Crippen molar-refractivity contribution in [3.8, 4) is 0 Å². The second-order valence-corrected chi connectivity index (χ2v) is 5.06. The molecule has 0 bridgehead atoms. The first-order chi connectivity index (χ1) is 5.80. The van der Waals surface area contributed by atoms with Crippen molar-refractivity contribution in [1.82, 2.24) is 0 Å². The van der Waals surface area contributed by atoms with Crippen molar-refractivity contribution in [3.05, 3.63) is 0 Å². The molecule has 0 aliphatic carbocycles. The van der Waals surface area contributed by atoms with Gasteiger partial charge in [0.05, 0.1) is 6.10 Å². The summed E-state index contributed by atoms with van der Waals surface area (Å²) in [5, 5.41) is 0.